The lowest BCUT2D eigenvalue weighted by atomic mass is 10.9. The minimum Gasteiger partial charge on any atom is -0.254 e. The van der Waals surface area contributed by atoms with Gasteiger partial charge in [-0.1, -0.05) is 11.8 Å². The van der Waals surface area contributed by atoms with Crippen molar-refractivity contribution >= 4 is 11.8 Å². The van der Waals surface area contributed by atoms with E-state index >= 15 is 0 Å². The van der Waals surface area contributed by atoms with Crippen molar-refractivity contribution in [3.63, 3.8) is 0 Å². The summed E-state index contributed by atoms with van der Waals surface area (Å²) in [6, 6.07) is 0. The van der Waals surface area contributed by atoms with Gasteiger partial charge in [-0.25, -0.2) is 13.8 Å². The Hall–Kier alpha value is -0.650. The molecule has 0 aliphatic heterocycles. The third-order valence-electron chi connectivity index (χ3n) is 0.739. The topological polar surface area (TPSA) is 41.6 Å². The normalized spacial score (nSPS) is 10.7. The number of H-pyrrole nitrogens is 1. The Morgan fingerprint density at radius 1 is 1.70 bits per heavy atom. The second kappa shape index (κ2) is 3.50. The van der Waals surface area contributed by atoms with Crippen LogP contribution in [0.1, 0.15) is 0 Å². The lowest BCUT2D eigenvalue weighted by molar-refractivity contribution is 0.176. The van der Waals surface area contributed by atoms with Gasteiger partial charge in [0, 0.05) is 0 Å². The molecule has 1 aromatic heterocycles. The van der Waals surface area contributed by atoms with Crippen molar-refractivity contribution in [3.05, 3.63) is 6.33 Å². The quantitative estimate of drug-likeness (QED) is 0.683. The van der Waals surface area contributed by atoms with Crippen LogP contribution in [-0.2, 0) is 0 Å². The van der Waals surface area contributed by atoms with E-state index in [-0.39, 0.29) is 5.75 Å². The van der Waals surface area contributed by atoms with Crippen LogP contribution in [0.15, 0.2) is 11.5 Å². The number of thioether (sulfide) groups is 1. The van der Waals surface area contributed by atoms with E-state index in [4.69, 9.17) is 0 Å². The van der Waals surface area contributed by atoms with Crippen LogP contribution in [0.25, 0.3) is 0 Å². The van der Waals surface area contributed by atoms with Crippen molar-refractivity contribution in [2.45, 2.75) is 11.6 Å². The fourth-order valence-corrected chi connectivity index (χ4v) is 0.929. The fraction of sp³-hybridized carbons (Fsp3) is 0.500. The van der Waals surface area contributed by atoms with Crippen LogP contribution in [0.4, 0.5) is 8.78 Å². The van der Waals surface area contributed by atoms with Gasteiger partial charge in [-0.2, -0.15) is 5.10 Å². The Balaban J connectivity index is 2.28. The molecule has 0 saturated carbocycles. The molecule has 3 nitrogen and oxygen atoms in total. The van der Waals surface area contributed by atoms with Gasteiger partial charge >= 0.3 is 0 Å². The van der Waals surface area contributed by atoms with E-state index in [2.05, 4.69) is 15.2 Å². The fourth-order valence-electron chi connectivity index (χ4n) is 0.406. The molecule has 0 aliphatic carbocycles. The van der Waals surface area contributed by atoms with E-state index in [0.29, 0.717) is 5.16 Å². The zero-order valence-electron chi connectivity index (χ0n) is 4.92. The van der Waals surface area contributed by atoms with Crippen LogP contribution in [0.5, 0.6) is 0 Å². The number of rotatable bonds is 3. The number of hydrogen-bond acceptors (Lipinski definition) is 3. The van der Waals surface area contributed by atoms with E-state index in [9.17, 15) is 8.78 Å². The molecule has 1 heterocycles. The number of alkyl halides is 2. The van der Waals surface area contributed by atoms with E-state index in [1.54, 1.807) is 0 Å². The average Bonchev–Trinajstić information content (AvgIpc) is 2.34. The third-order valence-corrected chi connectivity index (χ3v) is 1.63. The summed E-state index contributed by atoms with van der Waals surface area (Å²) in [6.07, 6.45) is -1.01. The second-order valence-corrected chi connectivity index (χ2v) is 2.50. The molecule has 0 radical (unpaired) electrons. The maximum atomic E-state index is 11.5. The zero-order chi connectivity index (χ0) is 7.40. The molecule has 10 heavy (non-hydrogen) atoms. The monoisotopic (exact) mass is 165 g/mol. The molecule has 1 N–H and O–H groups in total. The SMILES string of the molecule is FC(F)CSc1ncn[nH]1. The predicted molar refractivity (Wildman–Crippen MR) is 33.1 cm³/mol. The van der Waals surface area contributed by atoms with Crippen LogP contribution in [-0.4, -0.2) is 27.4 Å². The Bertz CT molecular complexity index is 177. The summed E-state index contributed by atoms with van der Waals surface area (Å²) in [6.45, 7) is 0. The number of aromatic amines is 1. The molecule has 0 atom stereocenters. The highest BCUT2D eigenvalue weighted by atomic mass is 32.2. The van der Waals surface area contributed by atoms with Crippen LogP contribution in [0.3, 0.4) is 0 Å². The molecular weight excluding hydrogens is 160 g/mol. The van der Waals surface area contributed by atoms with Crippen LogP contribution in [0.2, 0.25) is 0 Å². The van der Waals surface area contributed by atoms with Gasteiger partial charge in [0.25, 0.3) is 0 Å². The van der Waals surface area contributed by atoms with Crippen LogP contribution in [0, 0.1) is 0 Å². The van der Waals surface area contributed by atoms with Gasteiger partial charge in [0.2, 0.25) is 6.43 Å². The van der Waals surface area contributed by atoms with Crippen LogP contribution >= 0.6 is 11.8 Å². The summed E-state index contributed by atoms with van der Waals surface area (Å²) >= 11 is 0.956. The molecule has 0 unspecified atom stereocenters. The first-order chi connectivity index (χ1) is 4.79. The molecule has 0 bridgehead atoms. The van der Waals surface area contributed by atoms with E-state index in [1.165, 1.54) is 6.33 Å². The van der Waals surface area contributed by atoms with Crippen molar-refractivity contribution in [1.29, 1.82) is 0 Å². The average molecular weight is 165 g/mol. The number of nitrogens with one attached hydrogen (secondary N) is 1. The summed E-state index contributed by atoms with van der Waals surface area (Å²) in [4.78, 5) is 3.65. The summed E-state index contributed by atoms with van der Waals surface area (Å²) in [5, 5.41) is 6.39. The van der Waals surface area contributed by atoms with E-state index in [1.807, 2.05) is 0 Å². The lowest BCUT2D eigenvalue weighted by Crippen LogP contribution is -1.93. The van der Waals surface area contributed by atoms with Crippen LogP contribution < -0.4 is 0 Å². The summed E-state index contributed by atoms with van der Waals surface area (Å²) < 4.78 is 23.1. The predicted octanol–water partition coefficient (Wildman–Crippen LogP) is 1.16. The number of hydrogen-bond donors (Lipinski definition) is 1. The molecule has 56 valence electrons. The Morgan fingerprint density at radius 2 is 2.50 bits per heavy atom. The summed E-state index contributed by atoms with van der Waals surface area (Å²) in [7, 11) is 0. The lowest BCUT2D eigenvalue weighted by Gasteiger charge is -1.93. The molecule has 0 amide bonds. The van der Waals surface area contributed by atoms with Gasteiger partial charge < -0.3 is 0 Å². The largest absolute Gasteiger partial charge is 0.254 e. The van der Waals surface area contributed by atoms with Gasteiger partial charge in [0.15, 0.2) is 5.16 Å². The first-order valence-corrected chi connectivity index (χ1v) is 3.54. The standard InChI is InChI=1S/C4H5F2N3S/c5-3(6)1-10-4-7-2-8-9-4/h2-3H,1H2,(H,7,8,9). The summed E-state index contributed by atoms with van der Waals surface area (Å²) in [5.41, 5.74) is 0. The van der Waals surface area contributed by atoms with Crippen molar-refractivity contribution in [1.82, 2.24) is 15.2 Å². The number of halogens is 2. The highest BCUT2D eigenvalue weighted by Crippen LogP contribution is 2.13. The molecule has 6 heteroatoms. The van der Waals surface area contributed by atoms with Gasteiger partial charge in [-0.05, 0) is 0 Å². The van der Waals surface area contributed by atoms with Gasteiger partial charge in [-0.15, -0.1) is 0 Å². The maximum absolute atomic E-state index is 11.5. The number of nitrogens with zero attached hydrogens (tertiary/aromatic N) is 2. The molecule has 1 rings (SSSR count). The molecular formula is C4H5F2N3S. The van der Waals surface area contributed by atoms with Crippen molar-refractivity contribution in [2.24, 2.45) is 0 Å². The van der Waals surface area contributed by atoms with Crippen molar-refractivity contribution in [2.75, 3.05) is 5.75 Å². The van der Waals surface area contributed by atoms with Gasteiger partial charge in [-0.3, -0.25) is 5.10 Å². The highest BCUT2D eigenvalue weighted by molar-refractivity contribution is 7.99. The Kier molecular flexibility index (Phi) is 2.61. The minimum absolute atomic E-state index is 0.241. The minimum atomic E-state index is -2.30. The molecule has 0 spiro atoms. The smallest absolute Gasteiger partial charge is 0.248 e. The zero-order valence-corrected chi connectivity index (χ0v) is 5.74. The van der Waals surface area contributed by atoms with E-state index < -0.39 is 6.43 Å². The van der Waals surface area contributed by atoms with Gasteiger partial charge in [0.1, 0.15) is 6.33 Å². The molecule has 1 aromatic rings. The molecule has 0 aliphatic rings. The first-order valence-electron chi connectivity index (χ1n) is 2.55. The Morgan fingerprint density at radius 3 is 3.00 bits per heavy atom. The van der Waals surface area contributed by atoms with Crippen molar-refractivity contribution in [3.8, 4) is 0 Å². The maximum Gasteiger partial charge on any atom is 0.248 e. The molecule has 0 aromatic carbocycles. The molecule has 0 saturated heterocycles. The third kappa shape index (κ3) is 2.30. The molecule has 0 fully saturated rings. The Labute approximate surface area is 60.2 Å². The van der Waals surface area contributed by atoms with Crippen molar-refractivity contribution < 1.29 is 8.78 Å². The highest BCUT2D eigenvalue weighted by Gasteiger charge is 2.04. The number of aromatic nitrogens is 3. The van der Waals surface area contributed by atoms with Gasteiger partial charge in [0.05, 0.1) is 5.75 Å². The summed E-state index contributed by atoms with van der Waals surface area (Å²) in [5.74, 6) is -0.241. The second-order valence-electron chi connectivity index (χ2n) is 1.49. The first kappa shape index (κ1) is 7.46. The van der Waals surface area contributed by atoms with E-state index in [0.717, 1.165) is 11.8 Å².